The Morgan fingerprint density at radius 3 is 2.17 bits per heavy atom. The molecule has 1 rings (SSSR count). The van der Waals surface area contributed by atoms with E-state index < -0.39 is 0 Å². The monoisotopic (exact) mass is 168 g/mol. The Labute approximate surface area is 72.2 Å². The molecule has 0 unspecified atom stereocenters. The number of rotatable bonds is 2. The van der Waals surface area contributed by atoms with Crippen molar-refractivity contribution in [2.24, 2.45) is 0 Å². The molecule has 0 aliphatic rings. The van der Waals surface area contributed by atoms with Gasteiger partial charge in [0, 0.05) is 6.42 Å². The van der Waals surface area contributed by atoms with Crippen LogP contribution in [-0.2, 0) is 11.2 Å². The lowest BCUT2D eigenvalue weighted by Crippen LogP contribution is -1.84. The second kappa shape index (κ2) is 6.53. The van der Waals surface area contributed by atoms with E-state index in [9.17, 15) is 9.18 Å². The largest absolute Gasteiger partial charge is 0.303 e. The number of hydrogen-bond donors (Lipinski definition) is 0. The van der Waals surface area contributed by atoms with Crippen LogP contribution in [0.1, 0.15) is 19.4 Å². The summed E-state index contributed by atoms with van der Waals surface area (Å²) in [5.41, 5.74) is 0.844. The van der Waals surface area contributed by atoms with Crippen LogP contribution in [0.25, 0.3) is 0 Å². The van der Waals surface area contributed by atoms with E-state index in [-0.39, 0.29) is 5.82 Å². The molecule has 0 aliphatic heterocycles. The van der Waals surface area contributed by atoms with Crippen molar-refractivity contribution in [3.63, 3.8) is 0 Å². The number of hydrogen-bond acceptors (Lipinski definition) is 1. The average molecular weight is 168 g/mol. The molecule has 1 aromatic carbocycles. The normalized spacial score (nSPS) is 8.25. The van der Waals surface area contributed by atoms with Crippen molar-refractivity contribution in [3.05, 3.63) is 35.6 Å². The van der Waals surface area contributed by atoms with E-state index in [0.29, 0.717) is 6.42 Å². The minimum Gasteiger partial charge on any atom is -0.303 e. The van der Waals surface area contributed by atoms with Gasteiger partial charge in [-0.2, -0.15) is 0 Å². The maximum Gasteiger partial charge on any atom is 0.124 e. The van der Waals surface area contributed by atoms with Gasteiger partial charge in [0.1, 0.15) is 12.1 Å². The van der Waals surface area contributed by atoms with Crippen molar-refractivity contribution in [2.45, 2.75) is 20.3 Å². The third-order valence-electron chi connectivity index (χ3n) is 1.23. The van der Waals surface area contributed by atoms with Crippen LogP contribution in [0.3, 0.4) is 0 Å². The molecule has 0 atom stereocenters. The van der Waals surface area contributed by atoms with Crippen LogP contribution in [0.15, 0.2) is 24.3 Å². The lowest BCUT2D eigenvalue weighted by molar-refractivity contribution is -0.107. The smallest absolute Gasteiger partial charge is 0.124 e. The molecular formula is C10H13FO. The maximum absolute atomic E-state index is 12.2. The summed E-state index contributed by atoms with van der Waals surface area (Å²) in [4.78, 5) is 9.97. The van der Waals surface area contributed by atoms with E-state index in [1.807, 2.05) is 13.8 Å². The number of carbonyl (C=O) groups is 1. The van der Waals surface area contributed by atoms with Gasteiger partial charge < -0.3 is 4.79 Å². The number of aldehydes is 1. The SMILES string of the molecule is CC.O=CCc1ccc(F)cc1. The second-order valence-corrected chi connectivity index (χ2v) is 2.00. The summed E-state index contributed by atoms with van der Waals surface area (Å²) < 4.78 is 12.2. The molecule has 2 heteroatoms. The Bertz CT molecular complexity index is 216. The zero-order valence-electron chi connectivity index (χ0n) is 7.38. The second-order valence-electron chi connectivity index (χ2n) is 2.00. The van der Waals surface area contributed by atoms with Gasteiger partial charge in [0.25, 0.3) is 0 Å². The third-order valence-corrected chi connectivity index (χ3v) is 1.23. The van der Waals surface area contributed by atoms with Gasteiger partial charge in [0.15, 0.2) is 0 Å². The number of benzene rings is 1. The van der Waals surface area contributed by atoms with Gasteiger partial charge in [-0.25, -0.2) is 4.39 Å². The molecule has 12 heavy (non-hydrogen) atoms. The lowest BCUT2D eigenvalue weighted by atomic mass is 10.2. The molecule has 0 N–H and O–H groups in total. The van der Waals surface area contributed by atoms with Crippen molar-refractivity contribution in [3.8, 4) is 0 Å². The molecule has 0 saturated heterocycles. The fraction of sp³-hybridized carbons (Fsp3) is 0.300. The summed E-state index contributed by atoms with van der Waals surface area (Å²) in [7, 11) is 0. The molecule has 0 fully saturated rings. The van der Waals surface area contributed by atoms with Crippen LogP contribution in [0.2, 0.25) is 0 Å². The van der Waals surface area contributed by atoms with E-state index in [4.69, 9.17) is 0 Å². The lowest BCUT2D eigenvalue weighted by Gasteiger charge is -1.91. The minimum absolute atomic E-state index is 0.269. The van der Waals surface area contributed by atoms with Gasteiger partial charge >= 0.3 is 0 Å². The quantitative estimate of drug-likeness (QED) is 0.620. The van der Waals surface area contributed by atoms with Gasteiger partial charge in [0.2, 0.25) is 0 Å². The summed E-state index contributed by atoms with van der Waals surface area (Å²) in [6.07, 6.45) is 1.16. The van der Waals surface area contributed by atoms with E-state index in [0.717, 1.165) is 11.8 Å². The highest BCUT2D eigenvalue weighted by Gasteiger charge is 1.90. The standard InChI is InChI=1S/C8H7FO.C2H6/c9-8-3-1-7(2-4-8)5-6-10;1-2/h1-4,6H,5H2;1-2H3. The van der Waals surface area contributed by atoms with Crippen molar-refractivity contribution in [1.82, 2.24) is 0 Å². The Morgan fingerprint density at radius 1 is 1.25 bits per heavy atom. The van der Waals surface area contributed by atoms with E-state index >= 15 is 0 Å². The van der Waals surface area contributed by atoms with Crippen LogP contribution >= 0.6 is 0 Å². The van der Waals surface area contributed by atoms with Gasteiger partial charge in [-0.15, -0.1) is 0 Å². The average Bonchev–Trinajstić information content (AvgIpc) is 2.13. The Balaban J connectivity index is 0.000000561. The summed E-state index contributed by atoms with van der Waals surface area (Å²) in [6.45, 7) is 4.00. The molecular weight excluding hydrogens is 155 g/mol. The van der Waals surface area contributed by atoms with Gasteiger partial charge in [-0.3, -0.25) is 0 Å². The molecule has 0 saturated carbocycles. The first-order chi connectivity index (χ1) is 5.83. The highest BCUT2D eigenvalue weighted by atomic mass is 19.1. The number of halogens is 1. The number of carbonyl (C=O) groups excluding carboxylic acids is 1. The van der Waals surface area contributed by atoms with E-state index in [1.54, 1.807) is 12.1 Å². The van der Waals surface area contributed by atoms with Crippen LogP contribution < -0.4 is 0 Å². The van der Waals surface area contributed by atoms with Crippen LogP contribution in [0, 0.1) is 5.82 Å². The van der Waals surface area contributed by atoms with Gasteiger partial charge in [-0.05, 0) is 17.7 Å². The van der Waals surface area contributed by atoms with Gasteiger partial charge in [-0.1, -0.05) is 26.0 Å². The summed E-state index contributed by atoms with van der Waals surface area (Å²) in [6, 6.07) is 5.89. The Hall–Kier alpha value is -1.18. The summed E-state index contributed by atoms with van der Waals surface area (Å²) >= 11 is 0. The van der Waals surface area contributed by atoms with Crippen molar-refractivity contribution < 1.29 is 9.18 Å². The predicted molar refractivity (Wildman–Crippen MR) is 47.5 cm³/mol. The molecule has 0 bridgehead atoms. The topological polar surface area (TPSA) is 17.1 Å². The van der Waals surface area contributed by atoms with Crippen LogP contribution in [-0.4, -0.2) is 6.29 Å². The molecule has 0 heterocycles. The van der Waals surface area contributed by atoms with Crippen molar-refractivity contribution >= 4 is 6.29 Å². The maximum atomic E-state index is 12.2. The van der Waals surface area contributed by atoms with Crippen LogP contribution in [0.4, 0.5) is 4.39 Å². The summed E-state index contributed by atoms with van der Waals surface area (Å²) in [5, 5.41) is 0. The Kier molecular flexibility index (Phi) is 5.88. The minimum atomic E-state index is -0.269. The first kappa shape index (κ1) is 10.8. The molecule has 0 amide bonds. The summed E-state index contributed by atoms with van der Waals surface area (Å²) in [5.74, 6) is -0.269. The molecule has 1 nitrogen and oxygen atoms in total. The molecule has 0 aromatic heterocycles. The molecule has 0 radical (unpaired) electrons. The van der Waals surface area contributed by atoms with E-state index in [1.165, 1.54) is 12.1 Å². The first-order valence-electron chi connectivity index (χ1n) is 4.01. The van der Waals surface area contributed by atoms with Crippen molar-refractivity contribution in [1.29, 1.82) is 0 Å². The van der Waals surface area contributed by atoms with Crippen LogP contribution in [0.5, 0.6) is 0 Å². The molecule has 1 aromatic rings. The van der Waals surface area contributed by atoms with Gasteiger partial charge in [0.05, 0.1) is 0 Å². The first-order valence-corrected chi connectivity index (χ1v) is 4.01. The predicted octanol–water partition coefficient (Wildman–Crippen LogP) is 2.59. The zero-order chi connectivity index (χ0) is 9.40. The third kappa shape index (κ3) is 3.86. The molecule has 66 valence electrons. The van der Waals surface area contributed by atoms with Crippen molar-refractivity contribution in [2.75, 3.05) is 0 Å². The molecule has 0 spiro atoms. The fourth-order valence-electron chi connectivity index (χ4n) is 0.717. The molecule has 0 aliphatic carbocycles. The highest BCUT2D eigenvalue weighted by molar-refractivity contribution is 5.54. The fourth-order valence-corrected chi connectivity index (χ4v) is 0.717. The Morgan fingerprint density at radius 2 is 1.75 bits per heavy atom. The van der Waals surface area contributed by atoms with E-state index in [2.05, 4.69) is 0 Å². The zero-order valence-corrected chi connectivity index (χ0v) is 7.38. The highest BCUT2D eigenvalue weighted by Crippen LogP contribution is 2.01.